The van der Waals surface area contributed by atoms with E-state index in [1.807, 2.05) is 19.9 Å². The van der Waals surface area contributed by atoms with Crippen LogP contribution in [0.3, 0.4) is 0 Å². The van der Waals surface area contributed by atoms with Crippen molar-refractivity contribution in [3.8, 4) is 5.75 Å². The molecule has 160 valence electrons. The van der Waals surface area contributed by atoms with Crippen LogP contribution in [0.1, 0.15) is 37.8 Å². The average molecular weight is 431 g/mol. The highest BCUT2D eigenvalue weighted by atomic mass is 32.2. The molecule has 3 heterocycles. The first kappa shape index (κ1) is 20.4. The van der Waals surface area contributed by atoms with Gasteiger partial charge in [-0.1, -0.05) is 12.1 Å². The van der Waals surface area contributed by atoms with E-state index in [0.29, 0.717) is 23.5 Å². The molecule has 10 heteroatoms. The number of anilines is 2. The number of nitrogens with zero attached hydrogens (tertiary/aromatic N) is 4. The van der Waals surface area contributed by atoms with Crippen LogP contribution in [-0.2, 0) is 15.8 Å². The van der Waals surface area contributed by atoms with E-state index in [9.17, 15) is 8.42 Å². The fraction of sp³-hybridized carbons (Fsp3) is 0.450. The third-order valence-corrected chi connectivity index (χ3v) is 6.18. The lowest BCUT2D eigenvalue weighted by Gasteiger charge is -2.28. The highest BCUT2D eigenvalue weighted by Crippen LogP contribution is 2.29. The lowest BCUT2D eigenvalue weighted by Crippen LogP contribution is -2.38. The maximum absolute atomic E-state index is 11.8. The molecular weight excluding hydrogens is 404 g/mol. The van der Waals surface area contributed by atoms with Crippen LogP contribution in [0.2, 0.25) is 0 Å². The Morgan fingerprint density at radius 2 is 2.00 bits per heavy atom. The van der Waals surface area contributed by atoms with Crippen molar-refractivity contribution in [2.75, 3.05) is 29.9 Å². The molecule has 1 aromatic carbocycles. The number of benzene rings is 1. The first-order chi connectivity index (χ1) is 14.2. The molecule has 0 aliphatic carbocycles. The molecule has 0 atom stereocenters. The van der Waals surface area contributed by atoms with E-state index < -0.39 is 15.6 Å². The topological polar surface area (TPSA) is 123 Å². The lowest BCUT2D eigenvalue weighted by molar-refractivity contribution is 0.255. The summed E-state index contributed by atoms with van der Waals surface area (Å²) in [5.41, 5.74) is 6.60. The van der Waals surface area contributed by atoms with Crippen LogP contribution in [0.5, 0.6) is 5.75 Å². The van der Waals surface area contributed by atoms with Gasteiger partial charge in [0.2, 0.25) is 5.95 Å². The summed E-state index contributed by atoms with van der Waals surface area (Å²) in [6.45, 7) is 6.28. The molecule has 0 radical (unpaired) electrons. The van der Waals surface area contributed by atoms with Gasteiger partial charge in [0.25, 0.3) is 10.0 Å². The minimum Gasteiger partial charge on any atom is -0.490 e. The molecule has 0 saturated carbocycles. The highest BCUT2D eigenvalue weighted by molar-refractivity contribution is 7.89. The van der Waals surface area contributed by atoms with Gasteiger partial charge in [-0.25, -0.2) is 13.4 Å². The van der Waals surface area contributed by atoms with Gasteiger partial charge < -0.3 is 20.7 Å². The monoisotopic (exact) mass is 430 g/mol. The zero-order valence-corrected chi connectivity index (χ0v) is 17.9. The van der Waals surface area contributed by atoms with Gasteiger partial charge in [-0.2, -0.15) is 4.98 Å². The standard InChI is InChI=1S/C20H26N6O3S/c1-20(2,24-16-8-9-22-19(23-16)26-10-3-4-11-26)13-29-15-7-5-6-14-12-30(27,28)25-18(21)17(14)15/h5-9H,3-4,10-13H2,1-2H3,(H2,21,25)(H,22,23,24). The summed E-state index contributed by atoms with van der Waals surface area (Å²) in [4.78, 5) is 11.2. The van der Waals surface area contributed by atoms with E-state index >= 15 is 0 Å². The van der Waals surface area contributed by atoms with E-state index in [0.717, 1.165) is 37.7 Å². The number of rotatable bonds is 6. The highest BCUT2D eigenvalue weighted by Gasteiger charge is 2.27. The van der Waals surface area contributed by atoms with Crippen LogP contribution in [0, 0.1) is 0 Å². The molecule has 0 spiro atoms. The molecule has 0 unspecified atom stereocenters. The molecule has 0 amide bonds. The number of aromatic nitrogens is 2. The van der Waals surface area contributed by atoms with E-state index in [1.54, 1.807) is 24.4 Å². The van der Waals surface area contributed by atoms with Crippen LogP contribution in [0.25, 0.3) is 0 Å². The zero-order chi connectivity index (χ0) is 21.4. The van der Waals surface area contributed by atoms with Crippen LogP contribution < -0.4 is 20.7 Å². The minimum atomic E-state index is -3.58. The SMILES string of the molecule is CC(C)(COc1cccc2c1C(N)=NS(=O)(=O)C2)Nc1ccnc(N2CCCC2)n1. The summed E-state index contributed by atoms with van der Waals surface area (Å²) < 4.78 is 33.4. The van der Waals surface area contributed by atoms with Crippen molar-refractivity contribution in [3.63, 3.8) is 0 Å². The Hall–Kier alpha value is -2.88. The van der Waals surface area contributed by atoms with Gasteiger partial charge in [-0.15, -0.1) is 4.40 Å². The maximum atomic E-state index is 11.8. The number of amidine groups is 1. The average Bonchev–Trinajstić information content (AvgIpc) is 3.20. The molecule has 30 heavy (non-hydrogen) atoms. The molecule has 1 saturated heterocycles. The Bertz CT molecular complexity index is 1080. The molecule has 2 aromatic rings. The number of nitrogens with one attached hydrogen (secondary N) is 1. The lowest BCUT2D eigenvalue weighted by atomic mass is 10.1. The molecule has 2 aliphatic heterocycles. The molecule has 1 fully saturated rings. The summed E-state index contributed by atoms with van der Waals surface area (Å²) >= 11 is 0. The molecule has 9 nitrogen and oxygen atoms in total. The number of hydrogen-bond acceptors (Lipinski definition) is 8. The smallest absolute Gasteiger partial charge is 0.259 e. The zero-order valence-electron chi connectivity index (χ0n) is 17.1. The van der Waals surface area contributed by atoms with Gasteiger partial charge in [0.15, 0.2) is 0 Å². The van der Waals surface area contributed by atoms with Crippen molar-refractivity contribution in [2.45, 2.75) is 38.0 Å². The fourth-order valence-electron chi connectivity index (χ4n) is 3.66. The molecular formula is C20H26N6O3S. The van der Waals surface area contributed by atoms with Crippen molar-refractivity contribution in [1.29, 1.82) is 0 Å². The van der Waals surface area contributed by atoms with Gasteiger partial charge in [-0.3, -0.25) is 0 Å². The number of ether oxygens (including phenoxy) is 1. The van der Waals surface area contributed by atoms with Crippen molar-refractivity contribution in [3.05, 3.63) is 41.6 Å². The third-order valence-electron chi connectivity index (χ3n) is 5.03. The molecule has 2 aliphatic rings. The van der Waals surface area contributed by atoms with Gasteiger partial charge in [-0.05, 0) is 44.4 Å². The number of hydrogen-bond donors (Lipinski definition) is 2. The third kappa shape index (κ3) is 4.48. The van der Waals surface area contributed by atoms with Crippen LogP contribution >= 0.6 is 0 Å². The van der Waals surface area contributed by atoms with E-state index in [1.165, 1.54) is 0 Å². The quantitative estimate of drug-likeness (QED) is 0.712. The van der Waals surface area contributed by atoms with E-state index in [-0.39, 0.29) is 11.6 Å². The predicted octanol–water partition coefficient (Wildman–Crippen LogP) is 1.89. The minimum absolute atomic E-state index is 0.0383. The largest absolute Gasteiger partial charge is 0.490 e. The first-order valence-electron chi connectivity index (χ1n) is 9.92. The molecule has 0 bridgehead atoms. The second-order valence-corrected chi connectivity index (χ2v) is 9.86. The van der Waals surface area contributed by atoms with Gasteiger partial charge >= 0.3 is 0 Å². The second-order valence-electron chi connectivity index (χ2n) is 8.23. The predicted molar refractivity (Wildman–Crippen MR) is 116 cm³/mol. The van der Waals surface area contributed by atoms with Gasteiger partial charge in [0, 0.05) is 19.3 Å². The fourth-order valence-corrected chi connectivity index (χ4v) is 4.75. The van der Waals surface area contributed by atoms with Crippen molar-refractivity contribution in [1.82, 2.24) is 9.97 Å². The maximum Gasteiger partial charge on any atom is 0.259 e. The summed E-state index contributed by atoms with van der Waals surface area (Å²) in [6, 6.07) is 7.09. The van der Waals surface area contributed by atoms with Gasteiger partial charge in [0.1, 0.15) is 24.0 Å². The summed E-state index contributed by atoms with van der Waals surface area (Å²) in [5.74, 6) is 1.75. The summed E-state index contributed by atoms with van der Waals surface area (Å²) in [5, 5.41) is 3.40. The number of sulfonamides is 1. The second kappa shape index (κ2) is 7.75. The normalized spacial score (nSPS) is 17.9. The van der Waals surface area contributed by atoms with Crippen LogP contribution in [-0.4, -0.2) is 49.5 Å². The van der Waals surface area contributed by atoms with Crippen LogP contribution in [0.4, 0.5) is 11.8 Å². The Morgan fingerprint density at radius 3 is 2.77 bits per heavy atom. The molecule has 3 N–H and O–H groups in total. The molecule has 1 aromatic heterocycles. The summed E-state index contributed by atoms with van der Waals surface area (Å²) in [7, 11) is -3.58. The number of fused-ring (bicyclic) bond motifs is 1. The van der Waals surface area contributed by atoms with Crippen molar-refractivity contribution in [2.24, 2.45) is 10.1 Å². The molecule has 4 rings (SSSR count). The van der Waals surface area contributed by atoms with Crippen LogP contribution in [0.15, 0.2) is 34.9 Å². The van der Waals surface area contributed by atoms with E-state index in [4.69, 9.17) is 10.5 Å². The van der Waals surface area contributed by atoms with Gasteiger partial charge in [0.05, 0.1) is 16.9 Å². The summed E-state index contributed by atoms with van der Waals surface area (Å²) in [6.07, 6.45) is 4.08. The van der Waals surface area contributed by atoms with E-state index in [2.05, 4.69) is 24.6 Å². The Kier molecular flexibility index (Phi) is 5.27. The van der Waals surface area contributed by atoms with Crippen molar-refractivity contribution < 1.29 is 13.2 Å². The Balaban J connectivity index is 1.47. The number of nitrogens with two attached hydrogens (primary N) is 1. The van der Waals surface area contributed by atoms with Crippen molar-refractivity contribution >= 4 is 27.6 Å². The first-order valence-corrected chi connectivity index (χ1v) is 11.5. The Morgan fingerprint density at radius 1 is 1.23 bits per heavy atom. The Labute approximate surface area is 176 Å².